The second-order valence-electron chi connectivity index (χ2n) is 6.04. The van der Waals surface area contributed by atoms with Crippen LogP contribution in [-0.4, -0.2) is 61.7 Å². The minimum atomic E-state index is 0.691. The third-order valence-corrected chi connectivity index (χ3v) is 3.70. The highest BCUT2D eigenvalue weighted by Gasteiger charge is 2.19. The highest BCUT2D eigenvalue weighted by Crippen LogP contribution is 2.07. The molecule has 0 spiro atoms. The second-order valence-corrected chi connectivity index (χ2v) is 6.04. The highest BCUT2D eigenvalue weighted by molar-refractivity contribution is 4.77. The lowest BCUT2D eigenvalue weighted by atomic mass is 10.1. The molecule has 18 heavy (non-hydrogen) atoms. The molecular weight excluding hydrogens is 222 g/mol. The molecule has 1 saturated heterocycles. The standard InChI is InChI=1S/C15H33N3/c1-5-7-15(16-6-2)13-18-10-8-17(9-11-18)12-14(3)4/h14-16H,5-13H2,1-4H3. The maximum atomic E-state index is 3.62. The molecule has 1 fully saturated rings. The van der Waals surface area contributed by atoms with Crippen LogP contribution in [0.5, 0.6) is 0 Å². The van der Waals surface area contributed by atoms with Crippen LogP contribution in [0.15, 0.2) is 0 Å². The van der Waals surface area contributed by atoms with E-state index in [1.807, 2.05) is 0 Å². The van der Waals surface area contributed by atoms with Gasteiger partial charge in [0.2, 0.25) is 0 Å². The zero-order valence-electron chi connectivity index (χ0n) is 12.9. The monoisotopic (exact) mass is 255 g/mol. The summed E-state index contributed by atoms with van der Waals surface area (Å²) in [6, 6.07) is 0.691. The molecule has 1 heterocycles. The van der Waals surface area contributed by atoms with Crippen LogP contribution in [0.2, 0.25) is 0 Å². The van der Waals surface area contributed by atoms with E-state index in [1.54, 1.807) is 0 Å². The first-order valence-corrected chi connectivity index (χ1v) is 7.83. The van der Waals surface area contributed by atoms with E-state index in [1.165, 1.54) is 52.1 Å². The molecule has 1 unspecified atom stereocenters. The van der Waals surface area contributed by atoms with E-state index < -0.39 is 0 Å². The van der Waals surface area contributed by atoms with Crippen LogP contribution in [0.3, 0.4) is 0 Å². The molecule has 0 aliphatic carbocycles. The van der Waals surface area contributed by atoms with Gasteiger partial charge in [-0.2, -0.15) is 0 Å². The molecular formula is C15H33N3. The number of hydrogen-bond donors (Lipinski definition) is 1. The maximum Gasteiger partial charge on any atom is 0.0194 e. The molecule has 0 amide bonds. The summed E-state index contributed by atoms with van der Waals surface area (Å²) in [4.78, 5) is 5.25. The maximum absolute atomic E-state index is 3.62. The number of rotatable bonds is 8. The molecule has 1 N–H and O–H groups in total. The van der Waals surface area contributed by atoms with Gasteiger partial charge in [-0.05, 0) is 18.9 Å². The lowest BCUT2D eigenvalue weighted by Gasteiger charge is -2.37. The van der Waals surface area contributed by atoms with Gasteiger partial charge in [0.05, 0.1) is 0 Å². The fourth-order valence-corrected chi connectivity index (χ4v) is 2.88. The first-order valence-electron chi connectivity index (χ1n) is 7.83. The Hall–Kier alpha value is -0.120. The average molecular weight is 255 g/mol. The van der Waals surface area contributed by atoms with Crippen LogP contribution in [0, 0.1) is 5.92 Å². The third kappa shape index (κ3) is 6.17. The van der Waals surface area contributed by atoms with Gasteiger partial charge in [0.15, 0.2) is 0 Å². The summed E-state index contributed by atoms with van der Waals surface area (Å²) in [5.74, 6) is 0.797. The Morgan fingerprint density at radius 1 is 0.944 bits per heavy atom. The molecule has 108 valence electrons. The zero-order chi connectivity index (χ0) is 13.4. The summed E-state index contributed by atoms with van der Waals surface area (Å²) in [6.45, 7) is 17.7. The van der Waals surface area contributed by atoms with Gasteiger partial charge >= 0.3 is 0 Å². The van der Waals surface area contributed by atoms with E-state index in [2.05, 4.69) is 42.8 Å². The van der Waals surface area contributed by atoms with Crippen molar-refractivity contribution in [2.24, 2.45) is 5.92 Å². The Bertz CT molecular complexity index is 192. The van der Waals surface area contributed by atoms with Crippen LogP contribution in [0.4, 0.5) is 0 Å². The van der Waals surface area contributed by atoms with Gasteiger partial charge in [0, 0.05) is 45.3 Å². The summed E-state index contributed by atoms with van der Waals surface area (Å²) in [6.07, 6.45) is 2.59. The van der Waals surface area contributed by atoms with Crippen LogP contribution < -0.4 is 5.32 Å². The first kappa shape index (κ1) is 15.9. The Morgan fingerprint density at radius 2 is 1.50 bits per heavy atom. The van der Waals surface area contributed by atoms with Gasteiger partial charge in [-0.25, -0.2) is 0 Å². The van der Waals surface area contributed by atoms with E-state index in [4.69, 9.17) is 0 Å². The SMILES string of the molecule is CCCC(CN1CCN(CC(C)C)CC1)NCC. The Labute approximate surface area is 114 Å². The van der Waals surface area contributed by atoms with Gasteiger partial charge in [0.25, 0.3) is 0 Å². The van der Waals surface area contributed by atoms with Crippen molar-refractivity contribution < 1.29 is 0 Å². The van der Waals surface area contributed by atoms with E-state index >= 15 is 0 Å². The van der Waals surface area contributed by atoms with Crippen molar-refractivity contribution in [1.82, 2.24) is 15.1 Å². The number of piperazine rings is 1. The van der Waals surface area contributed by atoms with E-state index in [-0.39, 0.29) is 0 Å². The first-order chi connectivity index (χ1) is 8.65. The van der Waals surface area contributed by atoms with Crippen LogP contribution in [0.1, 0.15) is 40.5 Å². The fraction of sp³-hybridized carbons (Fsp3) is 1.00. The van der Waals surface area contributed by atoms with E-state index in [9.17, 15) is 0 Å². The summed E-state index contributed by atoms with van der Waals surface area (Å²) < 4.78 is 0. The molecule has 3 heteroatoms. The zero-order valence-corrected chi connectivity index (χ0v) is 12.9. The minimum Gasteiger partial charge on any atom is -0.313 e. The Morgan fingerprint density at radius 3 is 1.94 bits per heavy atom. The normalized spacial score (nSPS) is 20.5. The predicted molar refractivity (Wildman–Crippen MR) is 80.1 cm³/mol. The second kappa shape index (κ2) is 8.89. The van der Waals surface area contributed by atoms with E-state index in [0.717, 1.165) is 12.5 Å². The molecule has 0 bridgehead atoms. The lowest BCUT2D eigenvalue weighted by Crippen LogP contribution is -2.51. The molecule has 0 radical (unpaired) electrons. The topological polar surface area (TPSA) is 18.5 Å². The fourth-order valence-electron chi connectivity index (χ4n) is 2.88. The van der Waals surface area contributed by atoms with E-state index in [0.29, 0.717) is 6.04 Å². The van der Waals surface area contributed by atoms with Gasteiger partial charge in [-0.1, -0.05) is 34.1 Å². The van der Waals surface area contributed by atoms with Crippen LogP contribution in [0.25, 0.3) is 0 Å². The molecule has 1 rings (SSSR count). The molecule has 0 aromatic rings. The van der Waals surface area contributed by atoms with Crippen molar-refractivity contribution >= 4 is 0 Å². The molecule has 1 aliphatic heterocycles. The van der Waals surface area contributed by atoms with Crippen molar-refractivity contribution in [2.45, 2.75) is 46.6 Å². The van der Waals surface area contributed by atoms with Crippen molar-refractivity contribution in [2.75, 3.05) is 45.8 Å². The van der Waals surface area contributed by atoms with Crippen molar-refractivity contribution in [1.29, 1.82) is 0 Å². The number of hydrogen-bond acceptors (Lipinski definition) is 3. The number of nitrogens with zero attached hydrogens (tertiary/aromatic N) is 2. The van der Waals surface area contributed by atoms with Gasteiger partial charge in [-0.3, -0.25) is 4.90 Å². The minimum absolute atomic E-state index is 0.691. The highest BCUT2D eigenvalue weighted by atomic mass is 15.3. The molecule has 1 aliphatic rings. The molecule has 0 aromatic heterocycles. The van der Waals surface area contributed by atoms with Crippen molar-refractivity contribution in [3.8, 4) is 0 Å². The largest absolute Gasteiger partial charge is 0.313 e. The predicted octanol–water partition coefficient (Wildman–Crippen LogP) is 2.04. The van der Waals surface area contributed by atoms with Crippen molar-refractivity contribution in [3.05, 3.63) is 0 Å². The van der Waals surface area contributed by atoms with Gasteiger partial charge in [-0.15, -0.1) is 0 Å². The van der Waals surface area contributed by atoms with Crippen molar-refractivity contribution in [3.63, 3.8) is 0 Å². The third-order valence-electron chi connectivity index (χ3n) is 3.70. The number of nitrogens with one attached hydrogen (secondary N) is 1. The van der Waals surface area contributed by atoms with Gasteiger partial charge in [0.1, 0.15) is 0 Å². The summed E-state index contributed by atoms with van der Waals surface area (Å²) in [5, 5.41) is 3.62. The Kier molecular flexibility index (Phi) is 7.87. The smallest absolute Gasteiger partial charge is 0.0194 e. The molecule has 3 nitrogen and oxygen atoms in total. The lowest BCUT2D eigenvalue weighted by molar-refractivity contribution is 0.113. The number of likely N-dealkylation sites (N-methyl/N-ethyl adjacent to an activating group) is 1. The van der Waals surface area contributed by atoms with Gasteiger partial charge < -0.3 is 10.2 Å². The molecule has 1 atom stereocenters. The van der Waals surface area contributed by atoms with Crippen LogP contribution in [-0.2, 0) is 0 Å². The molecule has 0 saturated carbocycles. The summed E-state index contributed by atoms with van der Waals surface area (Å²) in [7, 11) is 0. The van der Waals surface area contributed by atoms with Crippen LogP contribution >= 0.6 is 0 Å². The average Bonchev–Trinajstić information content (AvgIpc) is 2.31. The quantitative estimate of drug-likeness (QED) is 0.716. The summed E-state index contributed by atoms with van der Waals surface area (Å²) in [5.41, 5.74) is 0. The summed E-state index contributed by atoms with van der Waals surface area (Å²) >= 11 is 0. The Balaban J connectivity index is 2.24. The molecule has 0 aromatic carbocycles.